The fourth-order valence-corrected chi connectivity index (χ4v) is 4.07. The minimum absolute atomic E-state index is 0.114. The molecular weight excluding hydrogens is 396 g/mol. The predicted molar refractivity (Wildman–Crippen MR) is 116 cm³/mol. The van der Waals surface area contributed by atoms with Gasteiger partial charge in [0.1, 0.15) is 11.5 Å². The van der Waals surface area contributed by atoms with E-state index in [0.717, 1.165) is 18.7 Å². The first-order chi connectivity index (χ1) is 15.1. The summed E-state index contributed by atoms with van der Waals surface area (Å²) in [6.07, 6.45) is 0. The molecule has 2 fully saturated rings. The van der Waals surface area contributed by atoms with Crippen molar-refractivity contribution in [3.8, 4) is 5.75 Å². The first-order valence-corrected chi connectivity index (χ1v) is 10.4. The van der Waals surface area contributed by atoms with Crippen LogP contribution in [-0.4, -0.2) is 73.1 Å². The van der Waals surface area contributed by atoms with Crippen LogP contribution in [-0.2, 0) is 14.3 Å². The van der Waals surface area contributed by atoms with Gasteiger partial charge in [0.25, 0.3) is 11.7 Å². The van der Waals surface area contributed by atoms with Crippen molar-refractivity contribution in [3.05, 3.63) is 71.3 Å². The van der Waals surface area contributed by atoms with E-state index in [1.165, 1.54) is 0 Å². The fraction of sp³-hybridized carbons (Fsp3) is 0.333. The van der Waals surface area contributed by atoms with Crippen LogP contribution >= 0.6 is 0 Å². The molecule has 0 aliphatic carbocycles. The maximum Gasteiger partial charge on any atom is 0.295 e. The quantitative estimate of drug-likeness (QED) is 0.438. The summed E-state index contributed by atoms with van der Waals surface area (Å²) in [5.41, 5.74) is 1.37. The number of likely N-dealkylation sites (tertiary alicyclic amines) is 1. The molecule has 2 aromatic rings. The smallest absolute Gasteiger partial charge is 0.295 e. The van der Waals surface area contributed by atoms with Crippen molar-refractivity contribution in [3.63, 3.8) is 0 Å². The predicted octanol–water partition coefficient (Wildman–Crippen LogP) is 2.45. The Morgan fingerprint density at radius 1 is 1.03 bits per heavy atom. The lowest BCUT2D eigenvalue weighted by Crippen LogP contribution is -2.42. The van der Waals surface area contributed by atoms with Gasteiger partial charge in [-0.05, 0) is 17.7 Å². The van der Waals surface area contributed by atoms with E-state index in [2.05, 4.69) is 4.90 Å². The number of ether oxygens (including phenoxy) is 2. The van der Waals surface area contributed by atoms with Crippen LogP contribution < -0.4 is 4.74 Å². The van der Waals surface area contributed by atoms with E-state index < -0.39 is 17.7 Å². The second kappa shape index (κ2) is 9.32. The van der Waals surface area contributed by atoms with Gasteiger partial charge in [0.15, 0.2) is 0 Å². The Morgan fingerprint density at radius 2 is 1.71 bits per heavy atom. The Kier molecular flexibility index (Phi) is 6.34. The zero-order valence-electron chi connectivity index (χ0n) is 17.5. The molecule has 2 aliphatic heterocycles. The largest absolute Gasteiger partial charge is 0.507 e. The highest BCUT2D eigenvalue weighted by molar-refractivity contribution is 6.46. The first-order valence-electron chi connectivity index (χ1n) is 10.4. The molecule has 7 heteroatoms. The monoisotopic (exact) mass is 422 g/mol. The molecular formula is C24H26N2O5. The molecule has 31 heavy (non-hydrogen) atoms. The first kappa shape index (κ1) is 21.1. The average Bonchev–Trinajstić information content (AvgIpc) is 3.08. The molecule has 7 nitrogen and oxygen atoms in total. The summed E-state index contributed by atoms with van der Waals surface area (Å²) in [6.45, 7) is 3.92. The van der Waals surface area contributed by atoms with Crippen molar-refractivity contribution >= 4 is 17.4 Å². The molecule has 0 radical (unpaired) electrons. The van der Waals surface area contributed by atoms with Crippen molar-refractivity contribution < 1.29 is 24.2 Å². The Morgan fingerprint density at radius 3 is 2.35 bits per heavy atom. The maximum absolute atomic E-state index is 13.0. The number of hydrogen-bond acceptors (Lipinski definition) is 6. The Hall–Kier alpha value is -3.16. The molecule has 2 saturated heterocycles. The third kappa shape index (κ3) is 4.33. The summed E-state index contributed by atoms with van der Waals surface area (Å²) in [5.74, 6) is -0.735. The highest BCUT2D eigenvalue weighted by Crippen LogP contribution is 2.39. The molecule has 0 aromatic heterocycles. The summed E-state index contributed by atoms with van der Waals surface area (Å²) in [4.78, 5) is 29.8. The fourth-order valence-electron chi connectivity index (χ4n) is 4.07. The average molecular weight is 422 g/mol. The van der Waals surface area contributed by atoms with Crippen LogP contribution in [0.2, 0.25) is 0 Å². The lowest BCUT2D eigenvalue weighted by atomic mass is 9.95. The molecule has 162 valence electrons. The zero-order valence-corrected chi connectivity index (χ0v) is 17.5. The van der Waals surface area contributed by atoms with Crippen molar-refractivity contribution in [1.82, 2.24) is 9.80 Å². The number of hydrogen-bond donors (Lipinski definition) is 1. The number of carbonyl (C=O) groups excluding carboxylic acids is 2. The number of aliphatic hydroxyl groups is 1. The van der Waals surface area contributed by atoms with Crippen LogP contribution in [0.3, 0.4) is 0 Å². The van der Waals surface area contributed by atoms with E-state index in [1.54, 1.807) is 48.4 Å². The SMILES string of the molecule is COc1ccc([C@H]2/C(=C(\O)c3ccccc3)C(=O)C(=O)N2CCN2CCOCC2)cc1. The number of Topliss-reactive ketones (excluding diaryl/α,β-unsaturated/α-hetero) is 1. The molecule has 1 amide bonds. The molecule has 4 rings (SSSR count). The molecule has 2 aromatic carbocycles. The molecule has 1 N–H and O–H groups in total. The highest BCUT2D eigenvalue weighted by atomic mass is 16.5. The molecule has 2 aliphatic rings. The minimum Gasteiger partial charge on any atom is -0.507 e. The number of ketones is 1. The molecule has 0 unspecified atom stereocenters. The van der Waals surface area contributed by atoms with Crippen molar-refractivity contribution in [2.24, 2.45) is 0 Å². The third-order valence-electron chi connectivity index (χ3n) is 5.78. The van der Waals surface area contributed by atoms with E-state index in [0.29, 0.717) is 37.6 Å². The molecule has 1 atom stereocenters. The van der Waals surface area contributed by atoms with Crippen molar-refractivity contribution in [1.29, 1.82) is 0 Å². The Labute approximate surface area is 181 Å². The van der Waals surface area contributed by atoms with E-state index in [9.17, 15) is 14.7 Å². The van der Waals surface area contributed by atoms with Gasteiger partial charge in [-0.1, -0.05) is 42.5 Å². The number of morpholine rings is 1. The standard InChI is InChI=1S/C24H26N2O5/c1-30-19-9-7-17(8-10-19)21-20(22(27)18-5-3-2-4-6-18)23(28)24(29)26(21)12-11-25-13-15-31-16-14-25/h2-10,21,27H,11-16H2,1H3/b22-20+/t21-/m0/s1. The second-order valence-electron chi connectivity index (χ2n) is 7.59. The number of carbonyl (C=O) groups is 2. The number of aliphatic hydroxyl groups excluding tert-OH is 1. The second-order valence-corrected chi connectivity index (χ2v) is 7.59. The number of benzene rings is 2. The minimum atomic E-state index is -0.663. The summed E-state index contributed by atoms with van der Waals surface area (Å²) in [6, 6.07) is 15.4. The van der Waals surface area contributed by atoms with E-state index in [-0.39, 0.29) is 11.3 Å². The number of amides is 1. The van der Waals surface area contributed by atoms with Gasteiger partial charge in [0.05, 0.1) is 31.9 Å². The normalized spacial score (nSPS) is 21.5. The molecule has 0 bridgehead atoms. The Bertz CT molecular complexity index is 965. The lowest BCUT2D eigenvalue weighted by molar-refractivity contribution is -0.140. The van der Waals surface area contributed by atoms with Gasteiger partial charge in [-0.25, -0.2) is 0 Å². The number of nitrogens with zero attached hydrogens (tertiary/aromatic N) is 2. The molecule has 2 heterocycles. The molecule has 0 spiro atoms. The lowest BCUT2D eigenvalue weighted by Gasteiger charge is -2.31. The summed E-state index contributed by atoms with van der Waals surface area (Å²) in [5, 5.41) is 11.0. The van der Waals surface area contributed by atoms with Crippen LogP contribution in [0, 0.1) is 0 Å². The van der Waals surface area contributed by atoms with Gasteiger partial charge in [0, 0.05) is 31.7 Å². The van der Waals surface area contributed by atoms with Gasteiger partial charge in [-0.15, -0.1) is 0 Å². The van der Waals surface area contributed by atoms with Crippen molar-refractivity contribution in [2.45, 2.75) is 6.04 Å². The summed E-state index contributed by atoms with van der Waals surface area (Å²) >= 11 is 0. The van der Waals surface area contributed by atoms with Crippen LogP contribution in [0.5, 0.6) is 5.75 Å². The van der Waals surface area contributed by atoms with E-state index in [4.69, 9.17) is 9.47 Å². The van der Waals surface area contributed by atoms with Gasteiger partial charge in [-0.2, -0.15) is 0 Å². The van der Waals surface area contributed by atoms with Gasteiger partial charge in [0.2, 0.25) is 0 Å². The van der Waals surface area contributed by atoms with Gasteiger partial charge < -0.3 is 19.5 Å². The van der Waals surface area contributed by atoms with Crippen molar-refractivity contribution in [2.75, 3.05) is 46.5 Å². The topological polar surface area (TPSA) is 79.3 Å². The number of rotatable bonds is 6. The van der Waals surface area contributed by atoms with Crippen LogP contribution in [0.1, 0.15) is 17.2 Å². The van der Waals surface area contributed by atoms with Crippen LogP contribution in [0.4, 0.5) is 0 Å². The van der Waals surface area contributed by atoms with Gasteiger partial charge in [-0.3, -0.25) is 14.5 Å². The number of methoxy groups -OCH3 is 1. The maximum atomic E-state index is 13.0. The van der Waals surface area contributed by atoms with Gasteiger partial charge >= 0.3 is 0 Å². The summed E-state index contributed by atoms with van der Waals surface area (Å²) in [7, 11) is 1.58. The van der Waals surface area contributed by atoms with Crippen LogP contribution in [0.25, 0.3) is 5.76 Å². The van der Waals surface area contributed by atoms with E-state index in [1.807, 2.05) is 18.2 Å². The highest BCUT2D eigenvalue weighted by Gasteiger charge is 2.46. The zero-order chi connectivity index (χ0) is 21.8. The third-order valence-corrected chi connectivity index (χ3v) is 5.78. The van der Waals surface area contributed by atoms with E-state index >= 15 is 0 Å². The molecule has 0 saturated carbocycles. The Balaban J connectivity index is 1.72. The summed E-state index contributed by atoms with van der Waals surface area (Å²) < 4.78 is 10.6. The van der Waals surface area contributed by atoms with Crippen LogP contribution in [0.15, 0.2) is 60.2 Å².